The largest absolute Gasteiger partial charge is 0.497 e. The fourth-order valence-electron chi connectivity index (χ4n) is 1.33. The molecule has 1 atom stereocenters. The van der Waals surface area contributed by atoms with E-state index in [-0.39, 0.29) is 12.5 Å². The average molecular weight is 224 g/mol. The van der Waals surface area contributed by atoms with Gasteiger partial charge >= 0.3 is 0 Å². The molecule has 0 radical (unpaired) electrons. The maximum atomic E-state index is 9.16. The fourth-order valence-corrected chi connectivity index (χ4v) is 1.33. The molecular weight excluding hydrogens is 204 g/mol. The molecule has 0 aromatic heterocycles. The van der Waals surface area contributed by atoms with Gasteiger partial charge < -0.3 is 14.6 Å². The normalized spacial score (nSPS) is 12.6. The van der Waals surface area contributed by atoms with Crippen molar-refractivity contribution in [1.29, 1.82) is 0 Å². The van der Waals surface area contributed by atoms with Crippen LogP contribution in [0.1, 0.15) is 13.8 Å². The first kappa shape index (κ1) is 12.8. The Balaban J connectivity index is 2.47. The molecule has 0 saturated carbocycles. The predicted octanol–water partition coefficient (Wildman–Crippen LogP) is 2.34. The summed E-state index contributed by atoms with van der Waals surface area (Å²) in [5.41, 5.74) is 0. The van der Waals surface area contributed by atoms with E-state index in [4.69, 9.17) is 14.6 Å². The molecule has 0 amide bonds. The average Bonchev–Trinajstić information content (AvgIpc) is 2.30. The van der Waals surface area contributed by atoms with Gasteiger partial charge in [0.15, 0.2) is 0 Å². The van der Waals surface area contributed by atoms with Crippen LogP contribution in [0.3, 0.4) is 0 Å². The molecule has 3 heteroatoms. The SMILES string of the molecule is COc1ccc(OCC(CO)C(C)C)cc1. The van der Waals surface area contributed by atoms with Crippen LogP contribution in [0.2, 0.25) is 0 Å². The Hall–Kier alpha value is -1.22. The quantitative estimate of drug-likeness (QED) is 0.806. The van der Waals surface area contributed by atoms with Crippen molar-refractivity contribution in [2.45, 2.75) is 13.8 Å². The minimum Gasteiger partial charge on any atom is -0.497 e. The molecule has 0 bridgehead atoms. The molecule has 0 heterocycles. The van der Waals surface area contributed by atoms with Crippen molar-refractivity contribution in [2.24, 2.45) is 11.8 Å². The minimum absolute atomic E-state index is 0.161. The molecular formula is C13H20O3. The maximum Gasteiger partial charge on any atom is 0.119 e. The first-order chi connectivity index (χ1) is 7.67. The fraction of sp³-hybridized carbons (Fsp3) is 0.538. The smallest absolute Gasteiger partial charge is 0.119 e. The lowest BCUT2D eigenvalue weighted by Gasteiger charge is -2.18. The molecule has 0 aliphatic carbocycles. The molecule has 1 aromatic rings. The Morgan fingerprint density at radius 2 is 1.69 bits per heavy atom. The van der Waals surface area contributed by atoms with Crippen LogP contribution < -0.4 is 9.47 Å². The first-order valence-electron chi connectivity index (χ1n) is 5.55. The van der Waals surface area contributed by atoms with Gasteiger partial charge in [-0.05, 0) is 30.2 Å². The Bertz CT molecular complexity index is 293. The van der Waals surface area contributed by atoms with Gasteiger partial charge in [-0.15, -0.1) is 0 Å². The second-order valence-corrected chi connectivity index (χ2v) is 4.17. The molecule has 1 aromatic carbocycles. The van der Waals surface area contributed by atoms with Crippen LogP contribution in [0.25, 0.3) is 0 Å². The molecule has 0 saturated heterocycles. The van der Waals surface area contributed by atoms with Gasteiger partial charge in [0.05, 0.1) is 13.7 Å². The van der Waals surface area contributed by atoms with Crippen LogP contribution in [-0.4, -0.2) is 25.4 Å². The standard InChI is InChI=1S/C13H20O3/c1-10(2)11(8-14)9-16-13-6-4-12(15-3)5-7-13/h4-7,10-11,14H,8-9H2,1-3H3. The van der Waals surface area contributed by atoms with E-state index in [0.29, 0.717) is 12.5 Å². The molecule has 0 spiro atoms. The van der Waals surface area contributed by atoms with Crippen LogP contribution in [0, 0.1) is 11.8 Å². The molecule has 0 fully saturated rings. The summed E-state index contributed by atoms with van der Waals surface area (Å²) in [7, 11) is 1.64. The molecule has 1 unspecified atom stereocenters. The van der Waals surface area contributed by atoms with Crippen LogP contribution >= 0.6 is 0 Å². The number of aliphatic hydroxyl groups excluding tert-OH is 1. The number of benzene rings is 1. The summed E-state index contributed by atoms with van der Waals surface area (Å²) in [6, 6.07) is 7.46. The number of aliphatic hydroxyl groups is 1. The van der Waals surface area contributed by atoms with Gasteiger partial charge in [-0.1, -0.05) is 13.8 Å². The summed E-state index contributed by atoms with van der Waals surface area (Å²) in [6.45, 7) is 4.87. The third-order valence-electron chi connectivity index (χ3n) is 2.70. The Morgan fingerprint density at radius 3 is 2.12 bits per heavy atom. The van der Waals surface area contributed by atoms with E-state index in [0.717, 1.165) is 11.5 Å². The molecule has 0 aliphatic rings. The van der Waals surface area contributed by atoms with Crippen molar-refractivity contribution in [3.8, 4) is 11.5 Å². The maximum absolute atomic E-state index is 9.16. The van der Waals surface area contributed by atoms with Crippen molar-refractivity contribution in [3.05, 3.63) is 24.3 Å². The van der Waals surface area contributed by atoms with Crippen molar-refractivity contribution in [3.63, 3.8) is 0 Å². The van der Waals surface area contributed by atoms with E-state index >= 15 is 0 Å². The number of methoxy groups -OCH3 is 1. The van der Waals surface area contributed by atoms with Gasteiger partial charge in [-0.2, -0.15) is 0 Å². The third kappa shape index (κ3) is 3.74. The third-order valence-corrected chi connectivity index (χ3v) is 2.70. The summed E-state index contributed by atoms with van der Waals surface area (Å²) in [4.78, 5) is 0. The molecule has 0 aliphatic heterocycles. The lowest BCUT2D eigenvalue weighted by molar-refractivity contribution is 0.130. The number of ether oxygens (including phenoxy) is 2. The van der Waals surface area contributed by atoms with Gasteiger partial charge in [0.2, 0.25) is 0 Å². The van der Waals surface area contributed by atoms with E-state index in [2.05, 4.69) is 13.8 Å². The van der Waals surface area contributed by atoms with Crippen LogP contribution in [0.5, 0.6) is 11.5 Å². The second kappa shape index (κ2) is 6.38. The van der Waals surface area contributed by atoms with Gasteiger partial charge in [0.1, 0.15) is 11.5 Å². The van der Waals surface area contributed by atoms with Crippen molar-refractivity contribution < 1.29 is 14.6 Å². The van der Waals surface area contributed by atoms with Crippen molar-refractivity contribution in [2.75, 3.05) is 20.3 Å². The highest BCUT2D eigenvalue weighted by Crippen LogP contribution is 2.19. The Labute approximate surface area is 97.0 Å². The molecule has 90 valence electrons. The van der Waals surface area contributed by atoms with Crippen molar-refractivity contribution in [1.82, 2.24) is 0 Å². The summed E-state index contributed by atoms with van der Waals surface area (Å²) in [5.74, 6) is 2.22. The van der Waals surface area contributed by atoms with E-state index in [9.17, 15) is 0 Å². The monoisotopic (exact) mass is 224 g/mol. The lowest BCUT2D eigenvalue weighted by Crippen LogP contribution is -2.21. The zero-order valence-electron chi connectivity index (χ0n) is 10.1. The minimum atomic E-state index is 0.161. The predicted molar refractivity (Wildman–Crippen MR) is 63.9 cm³/mol. The van der Waals surface area contributed by atoms with Crippen LogP contribution in [-0.2, 0) is 0 Å². The lowest BCUT2D eigenvalue weighted by atomic mass is 9.98. The number of hydrogen-bond donors (Lipinski definition) is 1. The highest BCUT2D eigenvalue weighted by atomic mass is 16.5. The van der Waals surface area contributed by atoms with Crippen molar-refractivity contribution >= 4 is 0 Å². The van der Waals surface area contributed by atoms with Gasteiger partial charge in [-0.3, -0.25) is 0 Å². The molecule has 16 heavy (non-hydrogen) atoms. The van der Waals surface area contributed by atoms with Gasteiger partial charge in [0, 0.05) is 12.5 Å². The van der Waals surface area contributed by atoms with E-state index in [1.54, 1.807) is 7.11 Å². The highest BCUT2D eigenvalue weighted by Gasteiger charge is 2.12. The highest BCUT2D eigenvalue weighted by molar-refractivity contribution is 5.31. The van der Waals surface area contributed by atoms with Gasteiger partial charge in [0.25, 0.3) is 0 Å². The zero-order valence-corrected chi connectivity index (χ0v) is 10.1. The Morgan fingerprint density at radius 1 is 1.12 bits per heavy atom. The van der Waals surface area contributed by atoms with E-state index < -0.39 is 0 Å². The van der Waals surface area contributed by atoms with Crippen LogP contribution in [0.4, 0.5) is 0 Å². The summed E-state index contributed by atoms with van der Waals surface area (Å²) < 4.78 is 10.7. The first-order valence-corrected chi connectivity index (χ1v) is 5.55. The molecule has 1 rings (SSSR count). The molecule has 3 nitrogen and oxygen atoms in total. The number of hydrogen-bond acceptors (Lipinski definition) is 3. The summed E-state index contributed by atoms with van der Waals surface area (Å²) in [6.07, 6.45) is 0. The number of rotatable bonds is 6. The van der Waals surface area contributed by atoms with Crippen LogP contribution in [0.15, 0.2) is 24.3 Å². The summed E-state index contributed by atoms with van der Waals surface area (Å²) in [5, 5.41) is 9.16. The second-order valence-electron chi connectivity index (χ2n) is 4.17. The van der Waals surface area contributed by atoms with E-state index in [1.807, 2.05) is 24.3 Å². The summed E-state index contributed by atoms with van der Waals surface area (Å²) >= 11 is 0. The topological polar surface area (TPSA) is 38.7 Å². The van der Waals surface area contributed by atoms with E-state index in [1.165, 1.54) is 0 Å². The zero-order chi connectivity index (χ0) is 12.0. The molecule has 1 N–H and O–H groups in total. The Kier molecular flexibility index (Phi) is 5.12. The van der Waals surface area contributed by atoms with Gasteiger partial charge in [-0.25, -0.2) is 0 Å².